The fraction of sp³-hybridized carbons (Fsp3) is 0.143. The number of rotatable bonds is 17. The van der Waals surface area contributed by atoms with Crippen LogP contribution in [0.5, 0.6) is 0 Å². The van der Waals surface area contributed by atoms with Gasteiger partial charge in [0.05, 0.1) is 66.6 Å². The molecule has 0 aromatic carbocycles. The van der Waals surface area contributed by atoms with Crippen molar-refractivity contribution in [1.82, 2.24) is 91.0 Å². The molecule has 0 bridgehead atoms. The zero-order chi connectivity index (χ0) is 71.2. The van der Waals surface area contributed by atoms with E-state index in [1.165, 1.54) is 108 Å². The molecule has 0 N–H and O–H groups in total. The van der Waals surface area contributed by atoms with Crippen molar-refractivity contribution in [2.45, 2.75) is 51.5 Å². The van der Waals surface area contributed by atoms with Gasteiger partial charge in [-0.3, -0.25) is 15.0 Å². The van der Waals surface area contributed by atoms with E-state index in [9.17, 15) is 48.3 Å². The summed E-state index contributed by atoms with van der Waals surface area (Å²) in [7, 11) is 0. The molecule has 0 aliphatic rings. The van der Waals surface area contributed by atoms with Crippen LogP contribution < -0.4 is 14.7 Å². The summed E-state index contributed by atoms with van der Waals surface area (Å²) in [4.78, 5) is 36.4. The van der Waals surface area contributed by atoms with Crippen LogP contribution in [-0.2, 0) is 25.8 Å². The van der Waals surface area contributed by atoms with Gasteiger partial charge >= 0.3 is 12.1 Å². The lowest BCUT2D eigenvalue weighted by molar-refractivity contribution is -0.159. The summed E-state index contributed by atoms with van der Waals surface area (Å²) in [5.74, 6) is 0.0137. The molecule has 0 fully saturated rings. The Labute approximate surface area is 586 Å². The van der Waals surface area contributed by atoms with Crippen molar-refractivity contribution in [2.24, 2.45) is 0 Å². The van der Waals surface area contributed by atoms with E-state index in [0.717, 1.165) is 39.6 Å². The Bertz CT molecular complexity index is 4610. The number of hydrogen-bond acceptors (Lipinski definition) is 27. The number of halogens is 16. The lowest BCUT2D eigenvalue weighted by atomic mass is 10.3. The maximum Gasteiger partial charge on any atom is 0.471 e. The molecule has 0 unspecified atom stereocenters. The molecule has 99 heavy (non-hydrogen) atoms. The molecule has 12 aromatic heterocycles. The highest BCUT2D eigenvalue weighted by atomic mass is 35.5. The van der Waals surface area contributed by atoms with E-state index in [0.29, 0.717) is 53.8 Å². The number of aromatic nitrogens is 18. The average molecular weight is 1530 g/mol. The number of thiophene rings is 3. The maximum absolute atomic E-state index is 13.1. The zero-order valence-electron chi connectivity index (χ0n) is 48.7. The second-order valence-electron chi connectivity index (χ2n) is 18.3. The summed E-state index contributed by atoms with van der Waals surface area (Å²) in [6.07, 6.45) is -0.324. The van der Waals surface area contributed by atoms with Crippen molar-refractivity contribution >= 4 is 127 Å². The molecule has 12 heterocycles. The molecule has 0 aliphatic heterocycles. The molecular formula is C56H33Cl5F11N23OS3. The van der Waals surface area contributed by atoms with Gasteiger partial charge in [0.15, 0.2) is 60.7 Å². The quantitative estimate of drug-likeness (QED) is 0.0765. The molecule has 0 amide bonds. The van der Waals surface area contributed by atoms with Gasteiger partial charge in [0.25, 0.3) is 25.7 Å². The number of nitriles is 2. The summed E-state index contributed by atoms with van der Waals surface area (Å²) in [6.45, 7) is 0.686. The molecule has 0 aliphatic carbocycles. The van der Waals surface area contributed by atoms with Gasteiger partial charge in [0, 0.05) is 62.9 Å². The van der Waals surface area contributed by atoms with Gasteiger partial charge in [-0.2, -0.15) is 38.9 Å². The predicted molar refractivity (Wildman–Crippen MR) is 339 cm³/mol. The number of anilines is 6. The third-order valence-corrected chi connectivity index (χ3v) is 15.9. The Balaban J connectivity index is 0.000000168. The van der Waals surface area contributed by atoms with Crippen LogP contribution >= 0.6 is 92.0 Å². The Hall–Kier alpha value is -10.1. The van der Waals surface area contributed by atoms with Crippen LogP contribution in [0.15, 0.2) is 145 Å². The van der Waals surface area contributed by atoms with Crippen molar-refractivity contribution in [3.05, 3.63) is 219 Å². The summed E-state index contributed by atoms with van der Waals surface area (Å²) in [6, 6.07) is 22.0. The minimum Gasteiger partial charge on any atom is -0.329 e. The molecule has 0 atom stereocenters. The minimum atomic E-state index is -4.75. The lowest BCUT2D eigenvalue weighted by Crippen LogP contribution is -2.19. The van der Waals surface area contributed by atoms with E-state index in [-0.39, 0.29) is 63.0 Å². The lowest BCUT2D eigenvalue weighted by Gasteiger charge is -2.21. The number of alkyl halides is 11. The summed E-state index contributed by atoms with van der Waals surface area (Å²) >= 11 is 30.7. The van der Waals surface area contributed by atoms with Crippen LogP contribution in [0.4, 0.5) is 83.2 Å². The third kappa shape index (κ3) is 22.0. The molecule has 24 nitrogen and oxygen atoms in total. The number of nitrogens with zero attached hydrogens (tertiary/aromatic N) is 23. The zero-order valence-corrected chi connectivity index (χ0v) is 54.9. The van der Waals surface area contributed by atoms with E-state index < -0.39 is 48.9 Å². The van der Waals surface area contributed by atoms with Gasteiger partial charge in [-0.15, -0.1) is 74.8 Å². The fourth-order valence-corrected chi connectivity index (χ4v) is 10.6. The SMILES string of the molecule is Clc1ccc(Cl)nn1.FC(F)c1cc(Cl)nnc1Cl.FC(F)c1cnnc(N(Cc2ccc(-c3noc(C(F)(F)F)n3)s2)c2cnccn2)c1.N#Cc1ccc(CN(c2cnccn2)c2cc(C(F)F)c(Cl)nn2)s1.N#Cc1ccc(CN(c2cnccn2)c2cc(C(F)F)cnn2)s1. The van der Waals surface area contributed by atoms with E-state index in [1.54, 1.807) is 52.3 Å². The summed E-state index contributed by atoms with van der Waals surface area (Å²) in [5.41, 5.74) is -1.36. The predicted octanol–water partition coefficient (Wildman–Crippen LogP) is 16.8. The molecule has 0 spiro atoms. The highest BCUT2D eigenvalue weighted by molar-refractivity contribution is 7.15. The largest absolute Gasteiger partial charge is 0.471 e. The van der Waals surface area contributed by atoms with Crippen LogP contribution in [0.25, 0.3) is 10.7 Å². The Kier molecular flexibility index (Phi) is 27.1. The fourth-order valence-electron chi connectivity index (χ4n) is 7.39. The highest BCUT2D eigenvalue weighted by Crippen LogP contribution is 2.36. The van der Waals surface area contributed by atoms with E-state index >= 15 is 0 Å². The molecule has 0 radical (unpaired) electrons. The van der Waals surface area contributed by atoms with Gasteiger partial charge in [-0.05, 0) is 72.8 Å². The second kappa shape index (κ2) is 36.0. The molecule has 43 heteroatoms. The first-order valence-electron chi connectivity index (χ1n) is 26.7. The van der Waals surface area contributed by atoms with E-state index in [2.05, 4.69) is 108 Å². The smallest absolute Gasteiger partial charge is 0.329 e. The van der Waals surface area contributed by atoms with Gasteiger partial charge in [-0.25, -0.2) is 50.1 Å². The van der Waals surface area contributed by atoms with Crippen molar-refractivity contribution in [3.8, 4) is 22.8 Å². The standard InChI is InChI=1S/C17H10F5N7OS.C15H9ClF2N6S.C15H10F2N6S.C5H2Cl2F2N2.C4H2Cl2N2/c18-14(19)9-5-12(27-25-6-9)29(13-7-23-3-4-24-13)8-10-1-2-11(31-10)15-26-16(30-28-15)17(20,21)22;16-14-11(15(17)18)5-12(22-23-14)24(13-7-20-3-4-21-13)8-10-2-1-9(6-19)25-10;16-15(17)10-5-13(22-21-7-10)23(14-8-19-3-4-20-14)9-12-2-1-11(6-18)24-12;6-3-1-2(5(8)9)4(7)11-10-3;5-3-1-2-4(6)8-7-3/h1-7,14H,8H2;1-5,7,15H,8H2;1-5,7-8,15H,9H2;1,5H;1-2H. The van der Waals surface area contributed by atoms with Crippen LogP contribution in [0, 0.1) is 22.7 Å². The van der Waals surface area contributed by atoms with E-state index in [4.69, 9.17) is 68.5 Å². The first-order valence-corrected chi connectivity index (χ1v) is 31.0. The molecule has 0 saturated carbocycles. The van der Waals surface area contributed by atoms with Crippen molar-refractivity contribution in [1.29, 1.82) is 10.5 Å². The molecule has 508 valence electrons. The molecule has 12 rings (SSSR count). The first-order chi connectivity index (χ1) is 47.5. The average Bonchev–Trinajstić information content (AvgIpc) is 1.79. The molecular weight excluding hydrogens is 1490 g/mol. The van der Waals surface area contributed by atoms with Crippen LogP contribution in [-0.4, -0.2) is 91.0 Å². The van der Waals surface area contributed by atoms with Gasteiger partial charge < -0.3 is 19.2 Å². The molecule has 12 aromatic rings. The van der Waals surface area contributed by atoms with Gasteiger partial charge in [-0.1, -0.05) is 63.2 Å². The van der Waals surface area contributed by atoms with Crippen molar-refractivity contribution < 1.29 is 52.8 Å². The third-order valence-electron chi connectivity index (χ3n) is 11.8. The second-order valence-corrected chi connectivity index (χ2v) is 23.7. The Morgan fingerprint density at radius 3 is 1.23 bits per heavy atom. The first kappa shape index (κ1) is 74.7. The van der Waals surface area contributed by atoms with Crippen LogP contribution in [0.2, 0.25) is 25.8 Å². The van der Waals surface area contributed by atoms with Crippen LogP contribution in [0.3, 0.4) is 0 Å². The van der Waals surface area contributed by atoms with Gasteiger partial charge in [0.2, 0.25) is 5.82 Å². The van der Waals surface area contributed by atoms with Gasteiger partial charge in [0.1, 0.15) is 21.9 Å². The maximum atomic E-state index is 13.1. The normalized spacial score (nSPS) is 10.9. The minimum absolute atomic E-state index is 0.0929. The summed E-state index contributed by atoms with van der Waals surface area (Å²) in [5, 5.41) is 57.2. The summed E-state index contributed by atoms with van der Waals surface area (Å²) < 4.78 is 145. The van der Waals surface area contributed by atoms with E-state index in [1.807, 2.05) is 0 Å². The number of hydrogen-bond donors (Lipinski definition) is 0. The monoisotopic (exact) mass is 1520 g/mol. The Morgan fingerprint density at radius 2 is 0.859 bits per heavy atom. The van der Waals surface area contributed by atoms with Crippen molar-refractivity contribution in [2.75, 3.05) is 14.7 Å². The Morgan fingerprint density at radius 1 is 0.444 bits per heavy atom. The van der Waals surface area contributed by atoms with Crippen LogP contribution in [0.1, 0.15) is 78.2 Å². The van der Waals surface area contributed by atoms with Crippen molar-refractivity contribution in [3.63, 3.8) is 0 Å². The highest BCUT2D eigenvalue weighted by Gasteiger charge is 2.39. The molecule has 0 saturated heterocycles. The topological polar surface area (TPSA) is 302 Å².